The first-order valence-electron chi connectivity index (χ1n) is 8.73. The summed E-state index contributed by atoms with van der Waals surface area (Å²) in [5.41, 5.74) is 1.41. The van der Waals surface area contributed by atoms with Gasteiger partial charge in [-0.05, 0) is 24.6 Å². The summed E-state index contributed by atoms with van der Waals surface area (Å²) in [4.78, 5) is 39.6. The largest absolute Gasteiger partial charge is 0.344 e. The van der Waals surface area contributed by atoms with Gasteiger partial charge >= 0.3 is 6.03 Å². The number of carbonyl (C=O) groups is 3. The van der Waals surface area contributed by atoms with Crippen LogP contribution >= 0.6 is 0 Å². The van der Waals surface area contributed by atoms with Crippen molar-refractivity contribution < 1.29 is 22.8 Å². The normalized spacial score (nSPS) is 25.1. The number of carbonyl (C=O) groups excluding carboxylic acids is 3. The highest BCUT2D eigenvalue weighted by molar-refractivity contribution is 7.90. The molecule has 0 aromatic heterocycles. The lowest BCUT2D eigenvalue weighted by atomic mass is 9.92. The fourth-order valence-corrected chi connectivity index (χ4v) is 4.25. The Labute approximate surface area is 166 Å². The molecule has 1 aromatic rings. The highest BCUT2D eigenvalue weighted by Gasteiger charge is 2.50. The molecule has 3 aliphatic rings. The van der Waals surface area contributed by atoms with E-state index in [-0.39, 0.29) is 23.7 Å². The van der Waals surface area contributed by atoms with Crippen LogP contribution in [0.1, 0.15) is 12.5 Å². The lowest BCUT2D eigenvalue weighted by Gasteiger charge is -2.29. The second kappa shape index (κ2) is 6.55. The summed E-state index contributed by atoms with van der Waals surface area (Å²) in [5.74, 6) is -1.70. The van der Waals surface area contributed by atoms with Gasteiger partial charge in [-0.1, -0.05) is 30.3 Å². The Morgan fingerprint density at radius 3 is 2.69 bits per heavy atom. The Hall–Kier alpha value is -3.47. The van der Waals surface area contributed by atoms with Crippen molar-refractivity contribution in [3.05, 3.63) is 59.8 Å². The van der Waals surface area contributed by atoms with Crippen molar-refractivity contribution in [3.8, 4) is 0 Å². The smallest absolute Gasteiger partial charge is 0.331 e. The number of fused-ring (bicyclic) bond motifs is 1. The number of sulfonamides is 1. The zero-order valence-electron chi connectivity index (χ0n) is 15.3. The number of amides is 4. The number of benzene rings is 1. The number of hydrazine groups is 1. The summed E-state index contributed by atoms with van der Waals surface area (Å²) in [7, 11) is -3.69. The van der Waals surface area contributed by atoms with Gasteiger partial charge in [0.2, 0.25) is 0 Å². The summed E-state index contributed by atoms with van der Waals surface area (Å²) in [6.45, 7) is 1.69. The van der Waals surface area contributed by atoms with Gasteiger partial charge in [-0.15, -0.1) is 4.40 Å². The summed E-state index contributed by atoms with van der Waals surface area (Å²) in [5, 5.41) is 3.17. The molecule has 150 valence electrons. The Morgan fingerprint density at radius 2 is 1.97 bits per heavy atom. The van der Waals surface area contributed by atoms with Crippen molar-refractivity contribution in [3.63, 3.8) is 0 Å². The fraction of sp³-hybridized carbons (Fsp3) is 0.222. The van der Waals surface area contributed by atoms with Crippen LogP contribution in [0.3, 0.4) is 0 Å². The van der Waals surface area contributed by atoms with Crippen molar-refractivity contribution in [1.82, 2.24) is 20.7 Å². The Balaban J connectivity index is 1.60. The van der Waals surface area contributed by atoms with Gasteiger partial charge in [-0.3, -0.25) is 15.0 Å². The molecule has 1 atom stereocenters. The molecule has 1 unspecified atom stereocenters. The van der Waals surface area contributed by atoms with Crippen LogP contribution in [-0.4, -0.2) is 54.3 Å². The van der Waals surface area contributed by atoms with Crippen molar-refractivity contribution in [2.75, 3.05) is 12.3 Å². The molecule has 10 nitrogen and oxygen atoms in total. The lowest BCUT2D eigenvalue weighted by molar-refractivity contribution is -0.137. The molecule has 0 bridgehead atoms. The maximum Gasteiger partial charge on any atom is 0.344 e. The average Bonchev–Trinajstić information content (AvgIpc) is 2.91. The summed E-state index contributed by atoms with van der Waals surface area (Å²) in [6, 6.07) is 7.83. The van der Waals surface area contributed by atoms with Gasteiger partial charge in [0, 0.05) is 12.7 Å². The fourth-order valence-electron chi connectivity index (χ4n) is 3.26. The van der Waals surface area contributed by atoms with Gasteiger partial charge in [0.15, 0.2) is 5.84 Å². The molecule has 4 rings (SSSR count). The molecule has 2 N–H and O–H groups in total. The molecule has 4 amide bonds. The van der Waals surface area contributed by atoms with Gasteiger partial charge < -0.3 is 10.2 Å². The van der Waals surface area contributed by atoms with Crippen LogP contribution in [0.15, 0.2) is 58.7 Å². The van der Waals surface area contributed by atoms with Crippen LogP contribution in [-0.2, 0) is 25.2 Å². The van der Waals surface area contributed by atoms with Crippen molar-refractivity contribution in [1.29, 1.82) is 0 Å². The highest BCUT2D eigenvalue weighted by Crippen LogP contribution is 2.28. The van der Waals surface area contributed by atoms with E-state index in [1.54, 1.807) is 42.6 Å². The van der Waals surface area contributed by atoms with Gasteiger partial charge in [-0.2, -0.15) is 5.01 Å². The number of hydrogen-bond acceptors (Lipinski definition) is 6. The number of imide groups is 1. The van der Waals surface area contributed by atoms with Gasteiger partial charge in [-0.25, -0.2) is 13.2 Å². The zero-order valence-corrected chi connectivity index (χ0v) is 16.1. The Kier molecular flexibility index (Phi) is 4.26. The molecule has 29 heavy (non-hydrogen) atoms. The van der Waals surface area contributed by atoms with Crippen molar-refractivity contribution in [2.45, 2.75) is 12.5 Å². The number of nitrogens with zero attached hydrogens (tertiary/aromatic N) is 3. The Morgan fingerprint density at radius 1 is 1.24 bits per heavy atom. The number of nitrogens with one attached hydrogen (secondary N) is 2. The van der Waals surface area contributed by atoms with E-state index < -0.39 is 33.4 Å². The van der Waals surface area contributed by atoms with E-state index in [2.05, 4.69) is 15.1 Å². The van der Waals surface area contributed by atoms with E-state index in [4.69, 9.17) is 0 Å². The molecule has 3 heterocycles. The van der Waals surface area contributed by atoms with E-state index >= 15 is 0 Å². The standard InChI is InChI=1S/C18H17N5O5S/c1-18(12-6-3-2-4-7-12)16(25)23(17(26)19-18)20-15(24)13-8-5-9-22-10-11-29(27,28)21-14(13)22/h2-9H,10-11H2,1H3,(H,19,26)(H,20,24). The number of urea groups is 1. The second-order valence-electron chi connectivity index (χ2n) is 6.82. The van der Waals surface area contributed by atoms with Crippen molar-refractivity contribution in [2.24, 2.45) is 4.40 Å². The summed E-state index contributed by atoms with van der Waals surface area (Å²) < 4.78 is 27.3. The van der Waals surface area contributed by atoms with Crippen LogP contribution in [0.25, 0.3) is 0 Å². The minimum atomic E-state index is -3.69. The van der Waals surface area contributed by atoms with E-state index in [1.165, 1.54) is 17.9 Å². The van der Waals surface area contributed by atoms with Crippen LogP contribution in [0.5, 0.6) is 0 Å². The molecule has 11 heteroatoms. The molecule has 0 saturated carbocycles. The third-order valence-corrected chi connectivity index (χ3v) is 6.01. The molecule has 3 aliphatic heterocycles. The average molecular weight is 415 g/mol. The summed E-state index contributed by atoms with van der Waals surface area (Å²) >= 11 is 0. The third-order valence-electron chi connectivity index (χ3n) is 4.86. The molecule has 1 saturated heterocycles. The third kappa shape index (κ3) is 3.18. The van der Waals surface area contributed by atoms with Crippen LogP contribution in [0.2, 0.25) is 0 Å². The van der Waals surface area contributed by atoms with Gasteiger partial charge in [0.25, 0.3) is 21.8 Å². The monoisotopic (exact) mass is 415 g/mol. The number of amidine groups is 1. The van der Waals surface area contributed by atoms with Crippen LogP contribution in [0, 0.1) is 0 Å². The maximum atomic E-state index is 12.9. The molecule has 0 aliphatic carbocycles. The zero-order chi connectivity index (χ0) is 20.8. The molecule has 0 radical (unpaired) electrons. The van der Waals surface area contributed by atoms with Gasteiger partial charge in [0.1, 0.15) is 5.54 Å². The number of rotatable bonds is 3. The molecule has 1 fully saturated rings. The van der Waals surface area contributed by atoms with Crippen molar-refractivity contribution >= 4 is 33.7 Å². The number of allylic oxidation sites excluding steroid dienone is 2. The van der Waals surface area contributed by atoms with Crippen LogP contribution in [0.4, 0.5) is 4.79 Å². The molecule has 1 aromatic carbocycles. The second-order valence-corrected chi connectivity index (χ2v) is 8.57. The maximum absolute atomic E-state index is 12.9. The predicted molar refractivity (Wildman–Crippen MR) is 102 cm³/mol. The SMILES string of the molecule is CC1(c2ccccc2)NC(=O)N(NC(=O)C2=CC=CN3CCS(=O)(=O)N=C23)C1=O. The van der Waals surface area contributed by atoms with E-state index in [1.807, 2.05) is 0 Å². The highest BCUT2D eigenvalue weighted by atomic mass is 32.2. The topological polar surface area (TPSA) is 128 Å². The van der Waals surface area contributed by atoms with E-state index in [0.717, 1.165) is 0 Å². The molecule has 0 spiro atoms. The quantitative estimate of drug-likeness (QED) is 0.668. The molecular weight excluding hydrogens is 398 g/mol. The first-order chi connectivity index (χ1) is 13.7. The first kappa shape index (κ1) is 18.9. The Bertz CT molecular complexity index is 1110. The summed E-state index contributed by atoms with van der Waals surface area (Å²) in [6.07, 6.45) is 4.54. The van der Waals surface area contributed by atoms with E-state index in [9.17, 15) is 22.8 Å². The lowest BCUT2D eigenvalue weighted by Crippen LogP contribution is -2.50. The molecular formula is C18H17N5O5S. The van der Waals surface area contributed by atoms with E-state index in [0.29, 0.717) is 10.6 Å². The first-order valence-corrected chi connectivity index (χ1v) is 10.3. The van der Waals surface area contributed by atoms with Gasteiger partial charge in [0.05, 0.1) is 11.3 Å². The van der Waals surface area contributed by atoms with Crippen LogP contribution < -0.4 is 10.7 Å². The predicted octanol–water partition coefficient (Wildman–Crippen LogP) is -0.0176. The minimum Gasteiger partial charge on any atom is -0.331 e. The number of hydrogen-bond donors (Lipinski definition) is 2. The minimum absolute atomic E-state index is 0.0471.